The Balaban J connectivity index is 2.07. The molecule has 0 heterocycles. The first kappa shape index (κ1) is 13.9. The van der Waals surface area contributed by atoms with Crippen LogP contribution >= 0.6 is 0 Å². The molecule has 1 rings (SSSR count). The lowest BCUT2D eigenvalue weighted by Crippen LogP contribution is -2.19. The van der Waals surface area contributed by atoms with Gasteiger partial charge in [0.1, 0.15) is 0 Å². The zero-order chi connectivity index (χ0) is 12.3. The fourth-order valence-electron chi connectivity index (χ4n) is 1.55. The predicted molar refractivity (Wildman–Crippen MR) is 73.4 cm³/mol. The Kier molecular flexibility index (Phi) is 7.35. The molecule has 0 saturated carbocycles. The largest absolute Gasteiger partial charge is 0.383 e. The molecule has 0 radical (unpaired) electrons. The van der Waals surface area contributed by atoms with Gasteiger partial charge in [-0.05, 0) is 31.9 Å². The molecule has 1 N–H and O–H groups in total. The predicted octanol–water partition coefficient (Wildman–Crippen LogP) is 2.72. The number of allylic oxidation sites excluding steroid dienone is 1. The quantitative estimate of drug-likeness (QED) is 0.550. The highest BCUT2D eigenvalue weighted by Crippen LogP contribution is 2.04. The smallest absolute Gasteiger partial charge is 0.0587 e. The zero-order valence-corrected chi connectivity index (χ0v) is 10.9. The van der Waals surface area contributed by atoms with Crippen molar-refractivity contribution < 1.29 is 4.74 Å². The van der Waals surface area contributed by atoms with Crippen molar-refractivity contribution in [3.05, 3.63) is 47.5 Å². The van der Waals surface area contributed by atoms with Crippen LogP contribution in [-0.4, -0.2) is 26.8 Å². The number of hydrogen-bond acceptors (Lipinski definition) is 2. The number of methoxy groups -OCH3 is 1. The highest BCUT2D eigenvalue weighted by molar-refractivity contribution is 5.22. The fourth-order valence-corrected chi connectivity index (χ4v) is 1.55. The molecule has 1 aromatic carbocycles. The minimum absolute atomic E-state index is 0.785. The summed E-state index contributed by atoms with van der Waals surface area (Å²) in [6, 6.07) is 8.71. The third-order valence-corrected chi connectivity index (χ3v) is 2.61. The molecule has 0 fully saturated rings. The molecule has 0 aliphatic rings. The molecule has 2 heteroatoms. The number of rotatable bonds is 8. The third kappa shape index (κ3) is 6.93. The highest BCUT2D eigenvalue weighted by atomic mass is 16.5. The molecule has 0 aromatic heterocycles. The molecule has 0 bridgehead atoms. The lowest BCUT2D eigenvalue weighted by molar-refractivity contribution is 0.199. The van der Waals surface area contributed by atoms with Gasteiger partial charge >= 0.3 is 0 Å². The molecular formula is C15H23NO. The Hall–Kier alpha value is -1.12. The Morgan fingerprint density at radius 1 is 1.12 bits per heavy atom. The van der Waals surface area contributed by atoms with E-state index in [-0.39, 0.29) is 0 Å². The van der Waals surface area contributed by atoms with Crippen molar-refractivity contribution in [2.45, 2.75) is 19.8 Å². The van der Waals surface area contributed by atoms with Gasteiger partial charge in [0.15, 0.2) is 0 Å². The molecule has 0 aliphatic carbocycles. The SMILES string of the molecule is COCCNCCC=CCc1ccc(C)cc1. The van der Waals surface area contributed by atoms with E-state index in [9.17, 15) is 0 Å². The Morgan fingerprint density at radius 2 is 1.88 bits per heavy atom. The summed E-state index contributed by atoms with van der Waals surface area (Å²) in [5, 5.41) is 3.32. The van der Waals surface area contributed by atoms with E-state index in [4.69, 9.17) is 4.74 Å². The molecule has 0 aliphatic heterocycles. The number of ether oxygens (including phenoxy) is 1. The van der Waals surface area contributed by atoms with Crippen molar-refractivity contribution in [1.82, 2.24) is 5.32 Å². The van der Waals surface area contributed by atoms with Gasteiger partial charge in [-0.25, -0.2) is 0 Å². The van der Waals surface area contributed by atoms with Crippen molar-refractivity contribution in [2.75, 3.05) is 26.8 Å². The lowest BCUT2D eigenvalue weighted by Gasteiger charge is -2.00. The fraction of sp³-hybridized carbons (Fsp3) is 0.467. The topological polar surface area (TPSA) is 21.3 Å². The van der Waals surface area contributed by atoms with Crippen LogP contribution in [0.3, 0.4) is 0 Å². The molecule has 2 nitrogen and oxygen atoms in total. The van der Waals surface area contributed by atoms with E-state index in [0.717, 1.165) is 32.5 Å². The van der Waals surface area contributed by atoms with Gasteiger partial charge in [0.05, 0.1) is 6.61 Å². The van der Waals surface area contributed by atoms with Crippen molar-refractivity contribution in [2.24, 2.45) is 0 Å². The molecule has 0 unspecified atom stereocenters. The minimum atomic E-state index is 0.785. The first-order chi connectivity index (χ1) is 8.33. The summed E-state index contributed by atoms with van der Waals surface area (Å²) in [5.41, 5.74) is 2.69. The van der Waals surface area contributed by atoms with E-state index >= 15 is 0 Å². The molecule has 94 valence electrons. The first-order valence-corrected chi connectivity index (χ1v) is 6.23. The molecule has 17 heavy (non-hydrogen) atoms. The Bertz CT molecular complexity index is 316. The molecule has 0 saturated heterocycles. The van der Waals surface area contributed by atoms with Crippen LogP contribution in [-0.2, 0) is 11.2 Å². The van der Waals surface area contributed by atoms with Gasteiger partial charge in [0.25, 0.3) is 0 Å². The van der Waals surface area contributed by atoms with E-state index in [1.54, 1.807) is 7.11 Å². The van der Waals surface area contributed by atoms with Crippen molar-refractivity contribution in [1.29, 1.82) is 0 Å². The van der Waals surface area contributed by atoms with E-state index < -0.39 is 0 Å². The van der Waals surface area contributed by atoms with Gasteiger partial charge in [-0.2, -0.15) is 0 Å². The van der Waals surface area contributed by atoms with Gasteiger partial charge in [-0.3, -0.25) is 0 Å². The summed E-state index contributed by atoms with van der Waals surface area (Å²) in [4.78, 5) is 0. The third-order valence-electron chi connectivity index (χ3n) is 2.61. The summed E-state index contributed by atoms with van der Waals surface area (Å²) >= 11 is 0. The number of benzene rings is 1. The second-order valence-corrected chi connectivity index (χ2v) is 4.19. The summed E-state index contributed by atoms with van der Waals surface area (Å²) in [5.74, 6) is 0. The van der Waals surface area contributed by atoms with Crippen LogP contribution in [0.4, 0.5) is 0 Å². The van der Waals surface area contributed by atoms with Gasteiger partial charge < -0.3 is 10.1 Å². The molecule has 0 spiro atoms. The zero-order valence-electron chi connectivity index (χ0n) is 10.9. The van der Waals surface area contributed by atoms with Crippen molar-refractivity contribution >= 4 is 0 Å². The lowest BCUT2D eigenvalue weighted by atomic mass is 10.1. The number of nitrogens with one attached hydrogen (secondary N) is 1. The summed E-state index contributed by atoms with van der Waals surface area (Å²) in [6.07, 6.45) is 6.58. The Morgan fingerprint density at radius 3 is 2.59 bits per heavy atom. The van der Waals surface area contributed by atoms with E-state index in [1.165, 1.54) is 11.1 Å². The second-order valence-electron chi connectivity index (χ2n) is 4.19. The maximum atomic E-state index is 4.96. The molecule has 0 atom stereocenters. The number of hydrogen-bond donors (Lipinski definition) is 1. The van der Waals surface area contributed by atoms with Gasteiger partial charge in [-0.15, -0.1) is 0 Å². The normalized spacial score (nSPS) is 11.2. The average Bonchev–Trinajstić information content (AvgIpc) is 2.35. The van der Waals surface area contributed by atoms with Crippen molar-refractivity contribution in [3.63, 3.8) is 0 Å². The average molecular weight is 233 g/mol. The van der Waals surface area contributed by atoms with Crippen LogP contribution in [0.25, 0.3) is 0 Å². The van der Waals surface area contributed by atoms with Crippen LogP contribution in [0.15, 0.2) is 36.4 Å². The van der Waals surface area contributed by atoms with Crippen LogP contribution in [0.2, 0.25) is 0 Å². The minimum Gasteiger partial charge on any atom is -0.383 e. The Labute approximate surface area is 105 Å². The van der Waals surface area contributed by atoms with E-state index in [2.05, 4.69) is 48.7 Å². The highest BCUT2D eigenvalue weighted by Gasteiger charge is 1.88. The van der Waals surface area contributed by atoms with Crippen LogP contribution in [0.5, 0.6) is 0 Å². The monoisotopic (exact) mass is 233 g/mol. The molecule has 0 amide bonds. The first-order valence-electron chi connectivity index (χ1n) is 6.23. The molecular weight excluding hydrogens is 210 g/mol. The van der Waals surface area contributed by atoms with Crippen LogP contribution in [0, 0.1) is 6.92 Å². The molecule has 1 aromatic rings. The van der Waals surface area contributed by atoms with E-state index in [1.807, 2.05) is 0 Å². The van der Waals surface area contributed by atoms with Gasteiger partial charge in [0, 0.05) is 13.7 Å². The number of aryl methyl sites for hydroxylation is 1. The maximum absolute atomic E-state index is 4.96. The maximum Gasteiger partial charge on any atom is 0.0587 e. The second kappa shape index (κ2) is 8.97. The summed E-state index contributed by atoms with van der Waals surface area (Å²) in [7, 11) is 1.73. The summed E-state index contributed by atoms with van der Waals surface area (Å²) in [6.45, 7) is 4.86. The van der Waals surface area contributed by atoms with Crippen LogP contribution in [0.1, 0.15) is 17.5 Å². The van der Waals surface area contributed by atoms with Crippen LogP contribution < -0.4 is 5.32 Å². The van der Waals surface area contributed by atoms with Crippen molar-refractivity contribution in [3.8, 4) is 0 Å². The van der Waals surface area contributed by atoms with Gasteiger partial charge in [-0.1, -0.05) is 42.0 Å². The van der Waals surface area contributed by atoms with Gasteiger partial charge in [0.2, 0.25) is 0 Å². The summed E-state index contributed by atoms with van der Waals surface area (Å²) < 4.78 is 4.96. The van der Waals surface area contributed by atoms with E-state index in [0.29, 0.717) is 0 Å². The standard InChI is InChI=1S/C15H23NO/c1-14-7-9-15(10-8-14)6-4-3-5-11-16-12-13-17-2/h3-4,7-10,16H,5-6,11-13H2,1-2H3.